The standard InChI is InChI=1S/C42H80NO8P/c1-4-6-8-10-12-14-16-18-20-22-24-26-28-30-32-34-41(44)48-38-40(39-50-52(46,47-3)49-37-36-43)51-42(45)35-33-31-29-27-25-23-21-19-17-15-13-11-9-7-5-2/h18-21,40H,4-17,22-39,43H2,1-3H3/b20-18-,21-19-. The second-order valence-corrected chi connectivity index (χ2v) is 15.8. The average Bonchev–Trinajstić information content (AvgIpc) is 3.15. The zero-order chi connectivity index (χ0) is 38.2. The van der Waals surface area contributed by atoms with E-state index in [-0.39, 0.29) is 38.8 Å². The number of hydrogen-bond acceptors (Lipinski definition) is 9. The number of ether oxygens (including phenoxy) is 2. The zero-order valence-electron chi connectivity index (χ0n) is 33.8. The SMILES string of the molecule is CCCCCCCC/C=C\CCCCCCCC(=O)OCC(COP(=O)(OC)OCCN)OC(=O)CCCCCCC/C=C\CCCCCCCC. The van der Waals surface area contributed by atoms with Crippen LogP contribution in [0.4, 0.5) is 0 Å². The highest BCUT2D eigenvalue weighted by atomic mass is 31.2. The average molecular weight is 758 g/mol. The Kier molecular flexibility index (Phi) is 38.1. The molecule has 0 bridgehead atoms. The maximum Gasteiger partial charge on any atom is 0.474 e. The van der Waals surface area contributed by atoms with Gasteiger partial charge in [0.2, 0.25) is 0 Å². The van der Waals surface area contributed by atoms with Gasteiger partial charge < -0.3 is 15.2 Å². The van der Waals surface area contributed by atoms with Crippen LogP contribution in [0.25, 0.3) is 0 Å². The van der Waals surface area contributed by atoms with E-state index in [0.29, 0.717) is 12.8 Å². The number of hydrogen-bond donors (Lipinski definition) is 1. The van der Waals surface area contributed by atoms with E-state index in [0.717, 1.165) is 64.2 Å². The van der Waals surface area contributed by atoms with Gasteiger partial charge in [-0.3, -0.25) is 23.2 Å². The van der Waals surface area contributed by atoms with Crippen molar-refractivity contribution in [2.75, 3.05) is 33.5 Å². The van der Waals surface area contributed by atoms with E-state index in [1.165, 1.54) is 103 Å². The van der Waals surface area contributed by atoms with Crippen LogP contribution in [0.15, 0.2) is 24.3 Å². The molecule has 0 aromatic rings. The summed E-state index contributed by atoms with van der Waals surface area (Å²) in [5, 5.41) is 0. The number of allylic oxidation sites excluding steroid dienone is 4. The van der Waals surface area contributed by atoms with Gasteiger partial charge in [0.25, 0.3) is 0 Å². The molecule has 0 saturated heterocycles. The number of carbonyl (C=O) groups excluding carboxylic acids is 2. The number of carbonyl (C=O) groups is 2. The predicted molar refractivity (Wildman–Crippen MR) is 215 cm³/mol. The number of unbranched alkanes of at least 4 members (excludes halogenated alkanes) is 22. The molecular weight excluding hydrogens is 677 g/mol. The van der Waals surface area contributed by atoms with Crippen LogP contribution in [0.1, 0.15) is 194 Å². The van der Waals surface area contributed by atoms with Gasteiger partial charge >= 0.3 is 19.8 Å². The van der Waals surface area contributed by atoms with Crippen molar-refractivity contribution in [3.05, 3.63) is 24.3 Å². The van der Waals surface area contributed by atoms with Gasteiger partial charge in [-0.2, -0.15) is 0 Å². The first-order valence-corrected chi connectivity index (χ1v) is 22.7. The molecule has 2 unspecified atom stereocenters. The first-order chi connectivity index (χ1) is 25.4. The van der Waals surface area contributed by atoms with Crippen LogP contribution < -0.4 is 5.73 Å². The van der Waals surface area contributed by atoms with Gasteiger partial charge in [0.15, 0.2) is 6.10 Å². The second kappa shape index (κ2) is 39.2. The summed E-state index contributed by atoms with van der Waals surface area (Å²) < 4.78 is 39.1. The maximum atomic E-state index is 12.7. The van der Waals surface area contributed by atoms with E-state index in [1.54, 1.807) is 0 Å². The number of rotatable bonds is 40. The molecule has 0 aliphatic carbocycles. The maximum absolute atomic E-state index is 12.7. The van der Waals surface area contributed by atoms with E-state index < -0.39 is 19.9 Å². The van der Waals surface area contributed by atoms with E-state index >= 15 is 0 Å². The molecule has 0 aromatic heterocycles. The van der Waals surface area contributed by atoms with Crippen LogP contribution in [0.2, 0.25) is 0 Å². The topological polar surface area (TPSA) is 123 Å². The highest BCUT2D eigenvalue weighted by Gasteiger charge is 2.28. The molecule has 0 aromatic carbocycles. The van der Waals surface area contributed by atoms with E-state index in [9.17, 15) is 14.2 Å². The number of phosphoric acid groups is 1. The van der Waals surface area contributed by atoms with Crippen LogP contribution in [0.5, 0.6) is 0 Å². The van der Waals surface area contributed by atoms with Crippen molar-refractivity contribution in [3.8, 4) is 0 Å². The summed E-state index contributed by atoms with van der Waals surface area (Å²) >= 11 is 0. The smallest absolute Gasteiger partial charge is 0.462 e. The molecule has 0 spiro atoms. The van der Waals surface area contributed by atoms with Crippen LogP contribution in [0.3, 0.4) is 0 Å². The fourth-order valence-corrected chi connectivity index (χ4v) is 6.74. The van der Waals surface area contributed by atoms with Crippen molar-refractivity contribution in [3.63, 3.8) is 0 Å². The first kappa shape index (κ1) is 50.5. The Labute approximate surface area is 319 Å². The van der Waals surface area contributed by atoms with Crippen LogP contribution in [0, 0.1) is 0 Å². The summed E-state index contributed by atoms with van der Waals surface area (Å²) in [6, 6.07) is 0. The quantitative estimate of drug-likeness (QED) is 0.0281. The number of phosphoric ester groups is 1. The monoisotopic (exact) mass is 758 g/mol. The van der Waals surface area contributed by atoms with Crippen molar-refractivity contribution in [1.29, 1.82) is 0 Å². The van der Waals surface area contributed by atoms with Crippen molar-refractivity contribution >= 4 is 19.8 Å². The minimum absolute atomic E-state index is 0.0179. The van der Waals surface area contributed by atoms with Crippen molar-refractivity contribution in [1.82, 2.24) is 0 Å². The van der Waals surface area contributed by atoms with Crippen molar-refractivity contribution < 1.29 is 37.2 Å². The Morgan fingerprint density at radius 1 is 0.558 bits per heavy atom. The summed E-state index contributed by atoms with van der Waals surface area (Å²) in [5.74, 6) is -0.764. The Hall–Kier alpha value is -1.51. The summed E-state index contributed by atoms with van der Waals surface area (Å²) in [4.78, 5) is 25.1. The first-order valence-electron chi connectivity index (χ1n) is 21.2. The fourth-order valence-electron chi connectivity index (χ4n) is 5.78. The molecule has 10 heteroatoms. The van der Waals surface area contributed by atoms with Gasteiger partial charge in [-0.25, -0.2) is 4.57 Å². The van der Waals surface area contributed by atoms with Gasteiger partial charge in [0.1, 0.15) is 6.61 Å². The third-order valence-corrected chi connectivity index (χ3v) is 10.4. The molecule has 2 atom stereocenters. The molecule has 9 nitrogen and oxygen atoms in total. The normalized spacial score (nSPS) is 13.5. The molecular formula is C42H80NO8P. The van der Waals surface area contributed by atoms with Crippen LogP contribution in [-0.4, -0.2) is 51.5 Å². The fraction of sp³-hybridized carbons (Fsp3) is 0.857. The van der Waals surface area contributed by atoms with Crippen molar-refractivity contribution in [2.24, 2.45) is 5.73 Å². The molecule has 0 aliphatic heterocycles. The van der Waals surface area contributed by atoms with Gasteiger partial charge in [-0.1, -0.05) is 141 Å². The minimum atomic E-state index is -3.88. The summed E-state index contributed by atoms with van der Waals surface area (Å²) in [5.41, 5.74) is 5.45. The third kappa shape index (κ3) is 35.5. The largest absolute Gasteiger partial charge is 0.474 e. The van der Waals surface area contributed by atoms with Crippen LogP contribution in [-0.2, 0) is 37.2 Å². The van der Waals surface area contributed by atoms with Crippen molar-refractivity contribution in [2.45, 2.75) is 200 Å². The summed E-state index contributed by atoms with van der Waals surface area (Å²) in [7, 11) is -2.67. The van der Waals surface area contributed by atoms with E-state index in [4.69, 9.17) is 28.8 Å². The molecule has 52 heavy (non-hydrogen) atoms. The van der Waals surface area contributed by atoms with Gasteiger partial charge in [0.05, 0.1) is 13.2 Å². The lowest BCUT2D eigenvalue weighted by atomic mass is 10.1. The Morgan fingerprint density at radius 2 is 0.962 bits per heavy atom. The molecule has 0 heterocycles. The van der Waals surface area contributed by atoms with Crippen LogP contribution >= 0.6 is 7.82 Å². The Morgan fingerprint density at radius 3 is 1.38 bits per heavy atom. The lowest BCUT2D eigenvalue weighted by Gasteiger charge is -2.21. The minimum Gasteiger partial charge on any atom is -0.462 e. The molecule has 0 rings (SSSR count). The summed E-state index contributed by atoms with van der Waals surface area (Å²) in [6.07, 6.45) is 39.6. The summed E-state index contributed by atoms with van der Waals surface area (Å²) in [6.45, 7) is 4.13. The molecule has 0 aliphatic rings. The second-order valence-electron chi connectivity index (χ2n) is 14.0. The highest BCUT2D eigenvalue weighted by molar-refractivity contribution is 7.48. The van der Waals surface area contributed by atoms with Gasteiger partial charge in [-0.15, -0.1) is 0 Å². The molecule has 0 fully saturated rings. The zero-order valence-corrected chi connectivity index (χ0v) is 34.7. The lowest BCUT2D eigenvalue weighted by molar-refractivity contribution is -0.161. The van der Waals surface area contributed by atoms with Gasteiger partial charge in [0, 0.05) is 26.5 Å². The molecule has 0 radical (unpaired) electrons. The Bertz CT molecular complexity index is 912. The lowest BCUT2D eigenvalue weighted by Crippen LogP contribution is -2.29. The number of esters is 2. The Balaban J connectivity index is 4.29. The molecule has 306 valence electrons. The molecule has 0 saturated carbocycles. The van der Waals surface area contributed by atoms with E-state index in [2.05, 4.69) is 38.2 Å². The molecule has 0 amide bonds. The van der Waals surface area contributed by atoms with E-state index in [1.807, 2.05) is 0 Å². The van der Waals surface area contributed by atoms with Gasteiger partial charge in [-0.05, 0) is 64.2 Å². The highest BCUT2D eigenvalue weighted by Crippen LogP contribution is 2.48. The third-order valence-electron chi connectivity index (χ3n) is 9.02. The predicted octanol–water partition coefficient (Wildman–Crippen LogP) is 12.3. The molecule has 2 N–H and O–H groups in total. The number of nitrogens with two attached hydrogens (primary N) is 1.